The van der Waals surface area contributed by atoms with Crippen molar-refractivity contribution in [2.75, 3.05) is 18.4 Å². The van der Waals surface area contributed by atoms with Crippen molar-refractivity contribution < 1.29 is 9.21 Å². The van der Waals surface area contributed by atoms with Gasteiger partial charge in [0, 0.05) is 12.2 Å². The first-order chi connectivity index (χ1) is 13.6. The molecule has 7 nitrogen and oxygen atoms in total. The van der Waals surface area contributed by atoms with E-state index in [1.165, 1.54) is 0 Å². The van der Waals surface area contributed by atoms with E-state index >= 15 is 0 Å². The predicted molar refractivity (Wildman–Crippen MR) is 111 cm³/mol. The molecule has 1 unspecified atom stereocenters. The van der Waals surface area contributed by atoms with Crippen LogP contribution in [0, 0.1) is 17.7 Å². The van der Waals surface area contributed by atoms with E-state index in [2.05, 4.69) is 20.3 Å². The highest BCUT2D eigenvalue weighted by molar-refractivity contribution is 7.71. The minimum atomic E-state index is -0.0890. The molecule has 1 aliphatic rings. The highest BCUT2D eigenvalue weighted by Crippen LogP contribution is 2.24. The van der Waals surface area contributed by atoms with Crippen LogP contribution in [0.2, 0.25) is 0 Å². The lowest BCUT2D eigenvalue weighted by Crippen LogP contribution is -2.41. The van der Waals surface area contributed by atoms with Crippen LogP contribution >= 0.6 is 23.6 Å². The smallest absolute Gasteiger partial charge is 0.288 e. The van der Waals surface area contributed by atoms with Crippen LogP contribution in [0.15, 0.2) is 40.1 Å². The lowest BCUT2D eigenvalue weighted by molar-refractivity contribution is -0.121. The van der Waals surface area contributed by atoms with Crippen molar-refractivity contribution in [1.82, 2.24) is 19.7 Å². The number of rotatable bonds is 5. The van der Waals surface area contributed by atoms with Crippen LogP contribution in [0.5, 0.6) is 0 Å². The molecule has 28 heavy (non-hydrogen) atoms. The molecule has 0 spiro atoms. The predicted octanol–water partition coefficient (Wildman–Crippen LogP) is 3.95. The number of aromatic nitrogens is 3. The van der Waals surface area contributed by atoms with Crippen LogP contribution in [0.25, 0.3) is 10.8 Å². The minimum absolute atomic E-state index is 0.00539. The number of nitrogens with zero attached hydrogens (tertiary/aromatic N) is 4. The summed E-state index contributed by atoms with van der Waals surface area (Å²) in [6.07, 6.45) is 1.81. The number of nitrogens with one attached hydrogen (secondary N) is 1. The minimum Gasteiger partial charge on any atom is -0.408 e. The summed E-state index contributed by atoms with van der Waals surface area (Å²) >= 11 is 6.88. The molecule has 0 aromatic carbocycles. The van der Waals surface area contributed by atoms with Gasteiger partial charge in [-0.05, 0) is 62.1 Å². The maximum Gasteiger partial charge on any atom is 0.288 e. The number of piperidine rings is 1. The van der Waals surface area contributed by atoms with E-state index in [0.29, 0.717) is 29.8 Å². The van der Waals surface area contributed by atoms with Crippen molar-refractivity contribution in [2.45, 2.75) is 26.4 Å². The summed E-state index contributed by atoms with van der Waals surface area (Å²) in [5, 5.41) is 9.41. The molecule has 1 fully saturated rings. The van der Waals surface area contributed by atoms with Gasteiger partial charge in [-0.3, -0.25) is 9.69 Å². The Hall–Kier alpha value is -2.36. The average Bonchev–Trinajstić information content (AvgIpc) is 3.32. The molecule has 4 heterocycles. The van der Waals surface area contributed by atoms with Gasteiger partial charge in [0.05, 0.1) is 17.5 Å². The summed E-state index contributed by atoms with van der Waals surface area (Å²) < 4.78 is 7.32. The Morgan fingerprint density at radius 1 is 1.39 bits per heavy atom. The molecule has 146 valence electrons. The Kier molecular flexibility index (Phi) is 5.65. The van der Waals surface area contributed by atoms with E-state index in [-0.39, 0.29) is 11.8 Å². The van der Waals surface area contributed by atoms with Gasteiger partial charge in [-0.1, -0.05) is 12.1 Å². The Morgan fingerprint density at radius 2 is 2.29 bits per heavy atom. The molecular weight excluding hydrogens is 394 g/mol. The zero-order valence-electron chi connectivity index (χ0n) is 15.5. The van der Waals surface area contributed by atoms with Crippen LogP contribution < -0.4 is 5.32 Å². The molecule has 9 heteroatoms. The largest absolute Gasteiger partial charge is 0.408 e. The first-order valence-electron chi connectivity index (χ1n) is 9.17. The number of thiophene rings is 1. The Labute approximate surface area is 172 Å². The van der Waals surface area contributed by atoms with Crippen molar-refractivity contribution in [3.05, 3.63) is 46.2 Å². The maximum atomic E-state index is 12.7. The average molecular weight is 416 g/mol. The molecule has 0 radical (unpaired) electrons. The van der Waals surface area contributed by atoms with Crippen molar-refractivity contribution in [2.24, 2.45) is 5.92 Å². The number of hydrogen-bond acceptors (Lipinski definition) is 7. The van der Waals surface area contributed by atoms with Gasteiger partial charge in [-0.25, -0.2) is 9.67 Å². The molecule has 1 N–H and O–H groups in total. The van der Waals surface area contributed by atoms with Crippen LogP contribution in [0.4, 0.5) is 5.82 Å². The van der Waals surface area contributed by atoms with E-state index in [4.69, 9.17) is 16.6 Å². The standard InChI is InChI=1S/C19H21N5O2S2/c1-13-5-2-8-16(20-13)21-17(25)14-6-3-9-23(11-14)12-24-19(27)26-18(22-24)15-7-4-10-28-15/h2,4-5,7-8,10,14H,3,6,9,11-12H2,1H3,(H,20,21,25). The SMILES string of the molecule is Cc1cccc(NC(=O)C2CCCN(Cn3nc(-c4cccs4)oc3=S)C2)n1. The molecular formula is C19H21N5O2S2. The van der Waals surface area contributed by atoms with Crippen molar-refractivity contribution in [1.29, 1.82) is 0 Å². The van der Waals surface area contributed by atoms with Gasteiger partial charge < -0.3 is 9.73 Å². The molecule has 1 amide bonds. The fourth-order valence-corrected chi connectivity index (χ4v) is 4.15. The van der Waals surface area contributed by atoms with Crippen LogP contribution in [0.1, 0.15) is 18.5 Å². The van der Waals surface area contributed by atoms with E-state index < -0.39 is 0 Å². The summed E-state index contributed by atoms with van der Waals surface area (Å²) in [5.41, 5.74) is 0.880. The fourth-order valence-electron chi connectivity index (χ4n) is 3.32. The molecule has 3 aromatic rings. The highest BCUT2D eigenvalue weighted by Gasteiger charge is 2.26. The summed E-state index contributed by atoms with van der Waals surface area (Å²) in [6.45, 7) is 3.97. The summed E-state index contributed by atoms with van der Waals surface area (Å²) in [5.74, 6) is 1.05. The molecule has 1 saturated heterocycles. The van der Waals surface area contributed by atoms with Crippen LogP contribution in [0.3, 0.4) is 0 Å². The lowest BCUT2D eigenvalue weighted by atomic mass is 9.97. The fraction of sp³-hybridized carbons (Fsp3) is 0.368. The number of amides is 1. The first-order valence-corrected chi connectivity index (χ1v) is 10.5. The number of carbonyl (C=O) groups is 1. The molecule has 1 aliphatic heterocycles. The Balaban J connectivity index is 1.40. The zero-order valence-corrected chi connectivity index (χ0v) is 17.1. The number of hydrogen-bond donors (Lipinski definition) is 1. The molecule has 0 aliphatic carbocycles. The monoisotopic (exact) mass is 415 g/mol. The number of pyridine rings is 1. The van der Waals surface area contributed by atoms with Gasteiger partial charge in [0.15, 0.2) is 0 Å². The number of aryl methyl sites for hydroxylation is 1. The third-order valence-electron chi connectivity index (χ3n) is 4.69. The molecule has 0 bridgehead atoms. The third-order valence-corrected chi connectivity index (χ3v) is 5.84. The van der Waals surface area contributed by atoms with Crippen LogP contribution in [-0.4, -0.2) is 38.7 Å². The summed E-state index contributed by atoms with van der Waals surface area (Å²) in [6, 6.07) is 9.52. The van der Waals surface area contributed by atoms with Gasteiger partial charge in [0.1, 0.15) is 5.82 Å². The Bertz CT molecular complexity index is 1010. The van der Waals surface area contributed by atoms with Crippen molar-refractivity contribution in [3.8, 4) is 10.8 Å². The first kappa shape index (κ1) is 19.0. The number of likely N-dealkylation sites (tertiary alicyclic amines) is 1. The second-order valence-corrected chi connectivity index (χ2v) is 8.16. The topological polar surface area (TPSA) is 76.2 Å². The van der Waals surface area contributed by atoms with Gasteiger partial charge >= 0.3 is 0 Å². The highest BCUT2D eigenvalue weighted by atomic mass is 32.1. The van der Waals surface area contributed by atoms with E-state index in [1.54, 1.807) is 16.0 Å². The van der Waals surface area contributed by atoms with Gasteiger partial charge in [-0.2, -0.15) is 0 Å². The normalized spacial score (nSPS) is 17.5. The number of anilines is 1. The lowest BCUT2D eigenvalue weighted by Gasteiger charge is -2.31. The van der Waals surface area contributed by atoms with Crippen molar-refractivity contribution >= 4 is 35.3 Å². The van der Waals surface area contributed by atoms with Gasteiger partial charge in [0.2, 0.25) is 5.91 Å². The van der Waals surface area contributed by atoms with Crippen molar-refractivity contribution in [3.63, 3.8) is 0 Å². The van der Waals surface area contributed by atoms with E-state index in [9.17, 15) is 4.79 Å². The molecule has 1 atom stereocenters. The Morgan fingerprint density at radius 3 is 3.07 bits per heavy atom. The molecule has 4 rings (SSSR count). The second-order valence-electron chi connectivity index (χ2n) is 6.86. The molecule has 0 saturated carbocycles. The van der Waals surface area contributed by atoms with Gasteiger partial charge in [-0.15, -0.1) is 16.4 Å². The summed E-state index contributed by atoms with van der Waals surface area (Å²) in [7, 11) is 0. The summed E-state index contributed by atoms with van der Waals surface area (Å²) in [4.78, 5) is 20.5. The zero-order chi connectivity index (χ0) is 19.5. The second kappa shape index (κ2) is 8.34. The van der Waals surface area contributed by atoms with Crippen LogP contribution in [-0.2, 0) is 11.5 Å². The van der Waals surface area contributed by atoms with Gasteiger partial charge in [0.25, 0.3) is 10.7 Å². The molecule has 3 aromatic heterocycles. The third kappa shape index (κ3) is 4.37. The maximum absolute atomic E-state index is 12.7. The quantitative estimate of drug-likeness (QED) is 0.636. The van der Waals surface area contributed by atoms with E-state index in [0.717, 1.165) is 30.0 Å². The number of carbonyl (C=O) groups excluding carboxylic acids is 1. The van der Waals surface area contributed by atoms with E-state index in [1.807, 2.05) is 42.6 Å².